The molecule has 7 heteroatoms. The van der Waals surface area contributed by atoms with Crippen LogP contribution in [0.1, 0.15) is 39.2 Å². The zero-order chi connectivity index (χ0) is 22.1. The maximum atomic E-state index is 12.9. The molecule has 4 rings (SSSR count). The summed E-state index contributed by atoms with van der Waals surface area (Å²) < 4.78 is 11.7. The number of amides is 1. The molecule has 7 nitrogen and oxygen atoms in total. The summed E-state index contributed by atoms with van der Waals surface area (Å²) in [6.07, 6.45) is 0. The summed E-state index contributed by atoms with van der Waals surface area (Å²) in [6, 6.07) is 8.83. The van der Waals surface area contributed by atoms with Gasteiger partial charge < -0.3 is 19.1 Å². The molecule has 3 heterocycles. The molecule has 0 spiro atoms. The van der Waals surface area contributed by atoms with E-state index in [9.17, 15) is 9.59 Å². The van der Waals surface area contributed by atoms with Crippen molar-refractivity contribution in [3.8, 4) is 0 Å². The number of nitrogens with one attached hydrogen (secondary N) is 1. The smallest absolute Gasteiger partial charge is 0.287 e. The summed E-state index contributed by atoms with van der Waals surface area (Å²) in [7, 11) is 2.11. The van der Waals surface area contributed by atoms with Gasteiger partial charge in [0.05, 0.1) is 11.4 Å². The summed E-state index contributed by atoms with van der Waals surface area (Å²) in [6.45, 7) is 9.79. The molecule has 1 amide bonds. The second-order valence-electron chi connectivity index (χ2n) is 8.44. The number of rotatable bonds is 5. The zero-order valence-corrected chi connectivity index (χ0v) is 18.5. The average Bonchev–Trinajstić information content (AvgIpc) is 3.14. The Balaban J connectivity index is 1.56. The van der Waals surface area contributed by atoms with E-state index < -0.39 is 5.91 Å². The van der Waals surface area contributed by atoms with Crippen molar-refractivity contribution in [2.75, 3.05) is 39.8 Å². The second kappa shape index (κ2) is 8.69. The van der Waals surface area contributed by atoms with Crippen molar-refractivity contribution in [1.29, 1.82) is 0 Å². The van der Waals surface area contributed by atoms with E-state index in [1.54, 1.807) is 6.07 Å². The van der Waals surface area contributed by atoms with Gasteiger partial charge in [-0.05, 0) is 57.1 Å². The summed E-state index contributed by atoms with van der Waals surface area (Å²) in [4.78, 5) is 30.1. The molecule has 3 aromatic rings. The summed E-state index contributed by atoms with van der Waals surface area (Å²) in [5.41, 5.74) is 2.06. The fourth-order valence-electron chi connectivity index (χ4n) is 4.23. The van der Waals surface area contributed by atoms with Crippen molar-refractivity contribution >= 4 is 16.9 Å². The van der Waals surface area contributed by atoms with Crippen LogP contribution in [0.3, 0.4) is 0 Å². The van der Waals surface area contributed by atoms with Gasteiger partial charge in [-0.1, -0.05) is 6.07 Å². The molecule has 0 bridgehead atoms. The highest BCUT2D eigenvalue weighted by molar-refractivity contribution is 5.93. The first-order valence-corrected chi connectivity index (χ1v) is 10.6. The van der Waals surface area contributed by atoms with Gasteiger partial charge in [0, 0.05) is 38.8 Å². The predicted octanol–water partition coefficient (Wildman–Crippen LogP) is 3.03. The van der Waals surface area contributed by atoms with Crippen molar-refractivity contribution in [2.24, 2.45) is 0 Å². The van der Waals surface area contributed by atoms with Crippen LogP contribution >= 0.6 is 0 Å². The minimum Gasteiger partial charge on any atom is -0.465 e. The number of hydrogen-bond acceptors (Lipinski definition) is 6. The minimum absolute atomic E-state index is 0.0234. The first-order valence-electron chi connectivity index (χ1n) is 10.6. The Labute approximate surface area is 181 Å². The van der Waals surface area contributed by atoms with Crippen molar-refractivity contribution in [2.45, 2.75) is 26.8 Å². The molecule has 1 aliphatic heterocycles. The highest BCUT2D eigenvalue weighted by Gasteiger charge is 2.27. The number of aryl methyl sites for hydroxylation is 3. The van der Waals surface area contributed by atoms with E-state index in [0.717, 1.165) is 48.8 Å². The molecule has 2 aromatic heterocycles. The molecule has 1 aliphatic rings. The van der Waals surface area contributed by atoms with Gasteiger partial charge in [0.2, 0.25) is 0 Å². The molecule has 1 aromatic carbocycles. The second-order valence-corrected chi connectivity index (χ2v) is 8.44. The zero-order valence-electron chi connectivity index (χ0n) is 18.5. The molecule has 1 saturated heterocycles. The standard InChI is InChI=1S/C24H29N3O4/c1-15-11-16(2)23-19(28)13-22(31-21(23)12-15)24(29)25-14-18(20-6-5-17(3)30-20)27-9-7-26(4)8-10-27/h5-6,11-13,18H,7-10,14H2,1-4H3,(H,25,29)/t18-/m1/s1. The van der Waals surface area contributed by atoms with Crippen molar-refractivity contribution in [3.63, 3.8) is 0 Å². The number of carbonyl (C=O) groups is 1. The first-order chi connectivity index (χ1) is 14.8. The third-order valence-corrected chi connectivity index (χ3v) is 5.92. The Morgan fingerprint density at radius 3 is 2.48 bits per heavy atom. The van der Waals surface area contributed by atoms with Gasteiger partial charge in [0.15, 0.2) is 11.2 Å². The Morgan fingerprint density at radius 2 is 1.81 bits per heavy atom. The van der Waals surface area contributed by atoms with Crippen LogP contribution in [-0.4, -0.2) is 55.5 Å². The molecule has 1 atom stereocenters. The number of nitrogens with zero attached hydrogens (tertiary/aromatic N) is 2. The molecule has 31 heavy (non-hydrogen) atoms. The summed E-state index contributed by atoms with van der Waals surface area (Å²) >= 11 is 0. The fourth-order valence-corrected chi connectivity index (χ4v) is 4.23. The van der Waals surface area contributed by atoms with E-state index in [1.807, 2.05) is 39.0 Å². The van der Waals surface area contributed by atoms with E-state index in [2.05, 4.69) is 22.2 Å². The normalized spacial score (nSPS) is 16.5. The molecular weight excluding hydrogens is 394 g/mol. The molecular formula is C24H29N3O4. The quantitative estimate of drug-likeness (QED) is 0.680. The lowest BCUT2D eigenvalue weighted by Crippen LogP contribution is -2.48. The van der Waals surface area contributed by atoms with E-state index >= 15 is 0 Å². The van der Waals surface area contributed by atoms with Crippen molar-refractivity contribution in [1.82, 2.24) is 15.1 Å². The van der Waals surface area contributed by atoms with Crippen molar-refractivity contribution in [3.05, 3.63) is 69.0 Å². The van der Waals surface area contributed by atoms with E-state index in [4.69, 9.17) is 8.83 Å². The minimum atomic E-state index is -0.402. The van der Waals surface area contributed by atoms with Gasteiger partial charge in [-0.15, -0.1) is 0 Å². The topological polar surface area (TPSA) is 78.9 Å². The van der Waals surface area contributed by atoms with Gasteiger partial charge in [-0.3, -0.25) is 14.5 Å². The number of fused-ring (bicyclic) bond motifs is 1. The predicted molar refractivity (Wildman–Crippen MR) is 120 cm³/mol. The number of benzene rings is 1. The SMILES string of the molecule is Cc1cc(C)c2c(=O)cc(C(=O)NC[C@H](c3ccc(C)o3)N3CCN(C)CC3)oc2c1. The maximum Gasteiger partial charge on any atom is 0.287 e. The van der Waals surface area contributed by atoms with Crippen molar-refractivity contribution < 1.29 is 13.6 Å². The van der Waals surface area contributed by atoms with Crippen LogP contribution in [0, 0.1) is 20.8 Å². The lowest BCUT2D eigenvalue weighted by Gasteiger charge is -2.37. The maximum absolute atomic E-state index is 12.9. The Kier molecular flexibility index (Phi) is 5.98. The number of carbonyl (C=O) groups excluding carboxylic acids is 1. The molecule has 164 valence electrons. The number of piperazine rings is 1. The van der Waals surface area contributed by atoms with Gasteiger partial charge >= 0.3 is 0 Å². The highest BCUT2D eigenvalue weighted by Crippen LogP contribution is 2.24. The Morgan fingerprint density at radius 1 is 1.06 bits per heavy atom. The van der Waals surface area contributed by atoms with Crippen LogP contribution in [0.2, 0.25) is 0 Å². The van der Waals surface area contributed by atoms with Crippen LogP contribution in [0.25, 0.3) is 11.0 Å². The van der Waals surface area contributed by atoms with E-state index in [0.29, 0.717) is 17.5 Å². The van der Waals surface area contributed by atoms with Crippen LogP contribution in [0.4, 0.5) is 0 Å². The van der Waals surface area contributed by atoms with E-state index in [-0.39, 0.29) is 17.2 Å². The Bertz CT molecular complexity index is 1160. The average molecular weight is 424 g/mol. The fraction of sp³-hybridized carbons (Fsp3) is 0.417. The largest absolute Gasteiger partial charge is 0.465 e. The molecule has 1 fully saturated rings. The molecule has 0 saturated carbocycles. The first kappa shape index (κ1) is 21.3. The summed E-state index contributed by atoms with van der Waals surface area (Å²) in [5.74, 6) is 1.29. The third kappa shape index (κ3) is 4.57. The van der Waals surface area contributed by atoms with Crippen LogP contribution in [-0.2, 0) is 0 Å². The van der Waals surface area contributed by atoms with Gasteiger partial charge in [0.25, 0.3) is 5.91 Å². The number of hydrogen-bond donors (Lipinski definition) is 1. The monoisotopic (exact) mass is 423 g/mol. The summed E-state index contributed by atoms with van der Waals surface area (Å²) in [5, 5.41) is 3.47. The highest BCUT2D eigenvalue weighted by atomic mass is 16.3. The van der Waals surface area contributed by atoms with Crippen LogP contribution in [0.5, 0.6) is 0 Å². The molecule has 0 unspecified atom stereocenters. The molecule has 0 radical (unpaired) electrons. The number of likely N-dealkylation sites (N-methyl/N-ethyl adjacent to an activating group) is 1. The lowest BCUT2D eigenvalue weighted by molar-refractivity contribution is 0.0830. The van der Waals surface area contributed by atoms with E-state index in [1.165, 1.54) is 6.07 Å². The van der Waals surface area contributed by atoms with Crippen LogP contribution < -0.4 is 10.7 Å². The lowest BCUT2D eigenvalue weighted by atomic mass is 10.1. The van der Waals surface area contributed by atoms with Gasteiger partial charge in [-0.2, -0.15) is 0 Å². The third-order valence-electron chi connectivity index (χ3n) is 5.92. The number of furan rings is 1. The van der Waals surface area contributed by atoms with Gasteiger partial charge in [0.1, 0.15) is 17.1 Å². The van der Waals surface area contributed by atoms with Gasteiger partial charge in [-0.25, -0.2) is 0 Å². The Hall–Kier alpha value is -2.90. The van der Waals surface area contributed by atoms with Crippen LogP contribution in [0.15, 0.2) is 44.0 Å². The molecule has 0 aliphatic carbocycles. The molecule has 1 N–H and O–H groups in total.